The van der Waals surface area contributed by atoms with Gasteiger partial charge in [-0.3, -0.25) is 9.79 Å². The van der Waals surface area contributed by atoms with Gasteiger partial charge in [0, 0.05) is 20.1 Å². The molecule has 0 amide bonds. The van der Waals surface area contributed by atoms with E-state index in [1.165, 1.54) is 0 Å². The monoisotopic (exact) mass is 509 g/mol. The molecule has 1 aliphatic heterocycles. The predicted octanol–water partition coefficient (Wildman–Crippen LogP) is 3.58. The fourth-order valence-electron chi connectivity index (χ4n) is 2.95. The molecule has 0 radical (unpaired) electrons. The van der Waals surface area contributed by atoms with Gasteiger partial charge in [-0.05, 0) is 38.8 Å². The van der Waals surface area contributed by atoms with E-state index in [1.807, 2.05) is 38.1 Å². The zero-order valence-electron chi connectivity index (χ0n) is 16.1. The van der Waals surface area contributed by atoms with Crippen LogP contribution in [0.25, 0.3) is 0 Å². The fourth-order valence-corrected chi connectivity index (χ4v) is 3.13. The van der Waals surface area contributed by atoms with E-state index in [9.17, 15) is 4.79 Å². The SMILES string of the molecule is CCOC(=O)C1CCN(C(=NC)NCC(C)Oc2ccccc2Cl)CC1.I. The number of hydrogen-bond donors (Lipinski definition) is 1. The number of ether oxygens (including phenoxy) is 2. The highest BCUT2D eigenvalue weighted by Crippen LogP contribution is 2.24. The van der Waals surface area contributed by atoms with Crippen molar-refractivity contribution in [3.05, 3.63) is 29.3 Å². The lowest BCUT2D eigenvalue weighted by molar-refractivity contribution is -0.149. The van der Waals surface area contributed by atoms with Crippen molar-refractivity contribution in [2.45, 2.75) is 32.8 Å². The Balaban J connectivity index is 0.00000364. The van der Waals surface area contributed by atoms with E-state index in [0.717, 1.165) is 31.9 Å². The number of para-hydroxylation sites is 1. The number of carbonyl (C=O) groups is 1. The maximum atomic E-state index is 11.8. The number of aliphatic imine (C=N–C) groups is 1. The lowest BCUT2D eigenvalue weighted by Gasteiger charge is -2.33. The summed E-state index contributed by atoms with van der Waals surface area (Å²) in [4.78, 5) is 18.4. The maximum absolute atomic E-state index is 11.8. The molecular formula is C19H29ClIN3O3. The molecule has 0 saturated carbocycles. The third kappa shape index (κ3) is 7.37. The molecule has 1 N–H and O–H groups in total. The Kier molecular flexibility index (Phi) is 10.8. The summed E-state index contributed by atoms with van der Waals surface area (Å²) in [5, 5.41) is 3.94. The smallest absolute Gasteiger partial charge is 0.309 e. The summed E-state index contributed by atoms with van der Waals surface area (Å²) in [5.41, 5.74) is 0. The van der Waals surface area contributed by atoms with Gasteiger partial charge in [0.05, 0.1) is 24.1 Å². The molecule has 2 rings (SSSR count). The van der Waals surface area contributed by atoms with Gasteiger partial charge in [-0.15, -0.1) is 24.0 Å². The second-order valence-electron chi connectivity index (χ2n) is 6.30. The summed E-state index contributed by atoms with van der Waals surface area (Å²) < 4.78 is 11.0. The van der Waals surface area contributed by atoms with E-state index in [0.29, 0.717) is 23.9 Å². The predicted molar refractivity (Wildman–Crippen MR) is 119 cm³/mol. The summed E-state index contributed by atoms with van der Waals surface area (Å²) in [6.45, 7) is 6.42. The number of halogens is 2. The largest absolute Gasteiger partial charge is 0.487 e. The Hall–Kier alpha value is -1.22. The summed E-state index contributed by atoms with van der Waals surface area (Å²) >= 11 is 6.13. The van der Waals surface area contributed by atoms with E-state index in [1.54, 1.807) is 7.05 Å². The van der Waals surface area contributed by atoms with Crippen molar-refractivity contribution in [2.24, 2.45) is 10.9 Å². The average molecular weight is 510 g/mol. The molecule has 1 heterocycles. The van der Waals surface area contributed by atoms with Gasteiger partial charge in [-0.1, -0.05) is 23.7 Å². The Bertz CT molecular complexity index is 622. The van der Waals surface area contributed by atoms with Crippen LogP contribution in [0.3, 0.4) is 0 Å². The zero-order valence-corrected chi connectivity index (χ0v) is 19.2. The van der Waals surface area contributed by atoms with Crippen LogP contribution in [-0.2, 0) is 9.53 Å². The van der Waals surface area contributed by atoms with Gasteiger partial charge in [0.15, 0.2) is 5.96 Å². The number of rotatable bonds is 6. The molecule has 1 unspecified atom stereocenters. The van der Waals surface area contributed by atoms with Crippen molar-refractivity contribution < 1.29 is 14.3 Å². The number of carbonyl (C=O) groups excluding carboxylic acids is 1. The molecule has 1 aliphatic rings. The molecule has 1 aromatic rings. The molecule has 1 saturated heterocycles. The fraction of sp³-hybridized carbons (Fsp3) is 0.579. The first kappa shape index (κ1) is 23.8. The van der Waals surface area contributed by atoms with Gasteiger partial charge in [0.1, 0.15) is 11.9 Å². The molecule has 0 bridgehead atoms. The van der Waals surface area contributed by atoms with E-state index in [4.69, 9.17) is 21.1 Å². The van der Waals surface area contributed by atoms with Gasteiger partial charge < -0.3 is 19.7 Å². The van der Waals surface area contributed by atoms with E-state index in [2.05, 4.69) is 15.2 Å². The molecule has 27 heavy (non-hydrogen) atoms. The molecule has 1 fully saturated rings. The summed E-state index contributed by atoms with van der Waals surface area (Å²) in [6, 6.07) is 7.44. The van der Waals surface area contributed by atoms with Crippen LogP contribution < -0.4 is 10.1 Å². The van der Waals surface area contributed by atoms with Crippen molar-refractivity contribution in [3.63, 3.8) is 0 Å². The molecule has 152 valence electrons. The number of nitrogens with one attached hydrogen (secondary N) is 1. The number of piperidine rings is 1. The number of likely N-dealkylation sites (tertiary alicyclic amines) is 1. The molecule has 1 atom stereocenters. The second-order valence-corrected chi connectivity index (χ2v) is 6.71. The van der Waals surface area contributed by atoms with Gasteiger partial charge in [-0.25, -0.2) is 0 Å². The van der Waals surface area contributed by atoms with Crippen LogP contribution in [-0.4, -0.2) is 56.2 Å². The Morgan fingerprint density at radius 3 is 2.63 bits per heavy atom. The van der Waals surface area contributed by atoms with Gasteiger partial charge in [-0.2, -0.15) is 0 Å². The van der Waals surface area contributed by atoms with Crippen molar-refractivity contribution in [1.82, 2.24) is 10.2 Å². The van der Waals surface area contributed by atoms with Crippen molar-refractivity contribution in [3.8, 4) is 5.75 Å². The average Bonchev–Trinajstić information content (AvgIpc) is 2.65. The molecule has 6 nitrogen and oxygen atoms in total. The van der Waals surface area contributed by atoms with E-state index in [-0.39, 0.29) is 42.0 Å². The summed E-state index contributed by atoms with van der Waals surface area (Å²) in [7, 11) is 1.76. The molecule has 1 aromatic carbocycles. The first-order valence-electron chi connectivity index (χ1n) is 9.08. The molecule has 0 aromatic heterocycles. The van der Waals surface area contributed by atoms with Crippen molar-refractivity contribution in [1.29, 1.82) is 0 Å². The minimum Gasteiger partial charge on any atom is -0.487 e. The van der Waals surface area contributed by atoms with Crippen molar-refractivity contribution >= 4 is 47.5 Å². The lowest BCUT2D eigenvalue weighted by atomic mass is 9.97. The summed E-state index contributed by atoms with van der Waals surface area (Å²) in [6.07, 6.45) is 1.50. The van der Waals surface area contributed by atoms with Crippen LogP contribution in [0.1, 0.15) is 26.7 Å². The number of hydrogen-bond acceptors (Lipinski definition) is 4. The van der Waals surface area contributed by atoms with Crippen LogP contribution in [0.2, 0.25) is 5.02 Å². The highest BCUT2D eigenvalue weighted by atomic mass is 127. The van der Waals surface area contributed by atoms with Crippen LogP contribution in [0.5, 0.6) is 5.75 Å². The Morgan fingerprint density at radius 2 is 2.04 bits per heavy atom. The number of nitrogens with zero attached hydrogens (tertiary/aromatic N) is 2. The third-order valence-electron chi connectivity index (χ3n) is 4.34. The minimum atomic E-state index is -0.0862. The van der Waals surface area contributed by atoms with E-state index >= 15 is 0 Å². The highest BCUT2D eigenvalue weighted by Gasteiger charge is 2.27. The standard InChI is InChI=1S/C19H28ClN3O3.HI/c1-4-25-18(24)15-9-11-23(12-10-15)19(21-3)22-13-14(2)26-17-8-6-5-7-16(17)20;/h5-8,14-15H,4,9-13H2,1-3H3,(H,21,22);1H. The maximum Gasteiger partial charge on any atom is 0.309 e. The van der Waals surface area contributed by atoms with E-state index < -0.39 is 0 Å². The minimum absolute atomic E-state index is 0. The quantitative estimate of drug-likeness (QED) is 0.275. The summed E-state index contributed by atoms with van der Waals surface area (Å²) in [5.74, 6) is 1.40. The Morgan fingerprint density at radius 1 is 1.37 bits per heavy atom. The van der Waals surface area contributed by atoms with Gasteiger partial charge in [0.25, 0.3) is 0 Å². The first-order chi connectivity index (χ1) is 12.5. The molecule has 8 heteroatoms. The third-order valence-corrected chi connectivity index (χ3v) is 4.65. The first-order valence-corrected chi connectivity index (χ1v) is 9.46. The number of esters is 1. The lowest BCUT2D eigenvalue weighted by Crippen LogP contribution is -2.48. The molecule has 0 aliphatic carbocycles. The topological polar surface area (TPSA) is 63.2 Å². The van der Waals surface area contributed by atoms with Crippen LogP contribution in [0.4, 0.5) is 0 Å². The zero-order chi connectivity index (χ0) is 18.9. The van der Waals surface area contributed by atoms with Gasteiger partial charge in [0.2, 0.25) is 0 Å². The molecular weight excluding hydrogens is 481 g/mol. The number of benzene rings is 1. The Labute approximate surface area is 183 Å². The number of guanidine groups is 1. The van der Waals surface area contributed by atoms with Crippen LogP contribution in [0, 0.1) is 5.92 Å². The highest BCUT2D eigenvalue weighted by molar-refractivity contribution is 14.0. The second kappa shape index (κ2) is 12.3. The normalized spacial score (nSPS) is 16.3. The van der Waals surface area contributed by atoms with Crippen LogP contribution in [0.15, 0.2) is 29.3 Å². The molecule has 0 spiro atoms. The van der Waals surface area contributed by atoms with Gasteiger partial charge >= 0.3 is 5.97 Å². The van der Waals surface area contributed by atoms with Crippen molar-refractivity contribution in [2.75, 3.05) is 33.3 Å². The van der Waals surface area contributed by atoms with Crippen LogP contribution >= 0.6 is 35.6 Å².